The quantitative estimate of drug-likeness (QED) is 0.402. The summed E-state index contributed by atoms with van der Waals surface area (Å²) >= 11 is 0. The monoisotopic (exact) mass is 523 g/mol. The smallest absolute Gasteiger partial charge is 0.248 e. The van der Waals surface area contributed by atoms with Gasteiger partial charge in [-0.2, -0.15) is 0 Å². The third-order valence-electron chi connectivity index (χ3n) is 8.38. The Bertz CT molecular complexity index is 1050. The van der Waals surface area contributed by atoms with Gasteiger partial charge in [-0.1, -0.05) is 55.8 Å². The average molecular weight is 524 g/mol. The fourth-order valence-electron chi connectivity index (χ4n) is 6.82. The lowest BCUT2D eigenvalue weighted by Gasteiger charge is -2.38. The molecule has 1 N–H and O–H groups in total. The maximum atomic E-state index is 14.2. The van der Waals surface area contributed by atoms with E-state index in [-0.39, 0.29) is 36.9 Å². The molecule has 3 amide bonds. The number of benzene rings is 1. The van der Waals surface area contributed by atoms with Crippen LogP contribution in [0.4, 0.5) is 0 Å². The number of rotatable bonds is 13. The molecule has 3 fully saturated rings. The van der Waals surface area contributed by atoms with Crippen LogP contribution in [0.15, 0.2) is 55.6 Å². The lowest BCUT2D eigenvalue weighted by molar-refractivity contribution is -0.150. The van der Waals surface area contributed by atoms with Crippen LogP contribution in [0.25, 0.3) is 0 Å². The summed E-state index contributed by atoms with van der Waals surface area (Å²) < 4.78 is 6.55. The molecule has 3 aliphatic rings. The van der Waals surface area contributed by atoms with E-state index in [0.717, 1.165) is 18.4 Å². The van der Waals surface area contributed by atoms with Crippen LogP contribution < -0.4 is 0 Å². The summed E-state index contributed by atoms with van der Waals surface area (Å²) in [4.78, 5) is 47.1. The first kappa shape index (κ1) is 28.0. The highest BCUT2D eigenvalue weighted by Gasteiger charge is 2.74. The molecule has 3 aliphatic heterocycles. The zero-order chi connectivity index (χ0) is 27.4. The standard InChI is InChI=1S/C30H41N3O5/c1-5-11-21(4)32(17-7-3)29(37)26-30-15-14-23(38-30)24(25(30)28(36)33(26)18-19-34)27(35)31(16-6-2)20-22-12-9-8-10-13-22/h6-10,12-13,21,23-26,34H,2-3,5,11,14-20H2,1,4H3/t21?,23-,24+,25-,26?,30?/m0/s1. The Kier molecular flexibility index (Phi) is 8.73. The number of hydrogen-bond acceptors (Lipinski definition) is 5. The summed E-state index contributed by atoms with van der Waals surface area (Å²) in [5, 5.41) is 9.85. The van der Waals surface area contributed by atoms with Crippen LogP contribution in [-0.2, 0) is 25.7 Å². The molecule has 8 heteroatoms. The number of carbonyl (C=O) groups excluding carboxylic acids is 3. The number of amides is 3. The van der Waals surface area contributed by atoms with Gasteiger partial charge in [0, 0.05) is 32.2 Å². The number of nitrogens with zero attached hydrogens (tertiary/aromatic N) is 3. The van der Waals surface area contributed by atoms with E-state index in [1.807, 2.05) is 37.3 Å². The molecule has 0 radical (unpaired) electrons. The van der Waals surface area contributed by atoms with Gasteiger partial charge in [-0.3, -0.25) is 14.4 Å². The first-order valence-electron chi connectivity index (χ1n) is 13.8. The van der Waals surface area contributed by atoms with Crippen molar-refractivity contribution in [2.24, 2.45) is 11.8 Å². The fourth-order valence-corrected chi connectivity index (χ4v) is 6.82. The molecule has 206 valence electrons. The predicted molar refractivity (Wildman–Crippen MR) is 145 cm³/mol. The van der Waals surface area contributed by atoms with Crippen molar-refractivity contribution in [3.05, 3.63) is 61.2 Å². The predicted octanol–water partition coefficient (Wildman–Crippen LogP) is 2.77. The van der Waals surface area contributed by atoms with Gasteiger partial charge in [0.25, 0.3) is 0 Å². The third-order valence-corrected chi connectivity index (χ3v) is 8.38. The molecule has 4 rings (SSSR count). The number of hydrogen-bond donors (Lipinski definition) is 1. The highest BCUT2D eigenvalue weighted by atomic mass is 16.5. The maximum absolute atomic E-state index is 14.2. The molecular formula is C30H41N3O5. The number of β-amino-alcohol motifs (C(OH)–C–C–N with tert-alkyl or cyclic N) is 1. The van der Waals surface area contributed by atoms with E-state index < -0.39 is 29.6 Å². The number of aliphatic hydroxyl groups is 1. The van der Waals surface area contributed by atoms with Crippen molar-refractivity contribution in [3.8, 4) is 0 Å². The van der Waals surface area contributed by atoms with Crippen molar-refractivity contribution < 1.29 is 24.2 Å². The van der Waals surface area contributed by atoms with Crippen LogP contribution >= 0.6 is 0 Å². The molecule has 0 saturated carbocycles. The third kappa shape index (κ3) is 4.80. The molecule has 2 bridgehead atoms. The van der Waals surface area contributed by atoms with E-state index in [1.54, 1.807) is 22.0 Å². The van der Waals surface area contributed by atoms with E-state index in [0.29, 0.717) is 32.5 Å². The Morgan fingerprint density at radius 3 is 2.55 bits per heavy atom. The summed E-state index contributed by atoms with van der Waals surface area (Å²) in [6.45, 7) is 12.6. The number of likely N-dealkylation sites (tertiary alicyclic amines) is 1. The Morgan fingerprint density at radius 1 is 1.21 bits per heavy atom. The van der Waals surface area contributed by atoms with E-state index in [4.69, 9.17) is 4.74 Å². The SMILES string of the molecule is C=CCN(Cc1ccccc1)C(=O)[C@@H]1[C@@H]2CCC3(O2)C(C(=O)N(CC=C)C(C)CCC)N(CCO)C(=O)[C@H]13. The minimum atomic E-state index is -1.08. The average Bonchev–Trinajstić information content (AvgIpc) is 3.55. The van der Waals surface area contributed by atoms with Gasteiger partial charge in [-0.15, -0.1) is 13.2 Å². The molecule has 3 unspecified atom stereocenters. The first-order valence-corrected chi connectivity index (χ1v) is 13.8. The Balaban J connectivity index is 1.69. The van der Waals surface area contributed by atoms with E-state index in [9.17, 15) is 19.5 Å². The molecule has 1 aromatic carbocycles. The largest absolute Gasteiger partial charge is 0.395 e. The highest BCUT2D eigenvalue weighted by molar-refractivity contribution is 5.99. The summed E-state index contributed by atoms with van der Waals surface area (Å²) in [6, 6.07) is 8.79. The van der Waals surface area contributed by atoms with Crippen LogP contribution in [0.5, 0.6) is 0 Å². The number of carbonyl (C=O) groups is 3. The van der Waals surface area contributed by atoms with E-state index in [1.165, 1.54) is 4.90 Å². The highest BCUT2D eigenvalue weighted by Crippen LogP contribution is 2.59. The molecule has 3 heterocycles. The molecule has 1 spiro atoms. The zero-order valence-electron chi connectivity index (χ0n) is 22.6. The minimum Gasteiger partial charge on any atom is -0.395 e. The van der Waals surface area contributed by atoms with Crippen molar-refractivity contribution >= 4 is 17.7 Å². The van der Waals surface area contributed by atoms with Gasteiger partial charge in [-0.05, 0) is 31.7 Å². The number of fused-ring (bicyclic) bond motifs is 1. The van der Waals surface area contributed by atoms with E-state index in [2.05, 4.69) is 20.1 Å². The van der Waals surface area contributed by atoms with Crippen LogP contribution in [0, 0.1) is 11.8 Å². The summed E-state index contributed by atoms with van der Waals surface area (Å²) in [7, 11) is 0. The summed E-state index contributed by atoms with van der Waals surface area (Å²) in [5.74, 6) is -2.07. The number of ether oxygens (including phenoxy) is 1. The van der Waals surface area contributed by atoms with Gasteiger partial charge in [0.05, 0.1) is 24.5 Å². The van der Waals surface area contributed by atoms with Gasteiger partial charge in [-0.25, -0.2) is 0 Å². The van der Waals surface area contributed by atoms with Crippen LogP contribution in [-0.4, -0.2) is 87.6 Å². The molecular weight excluding hydrogens is 482 g/mol. The minimum absolute atomic E-state index is 0.0207. The topological polar surface area (TPSA) is 90.4 Å². The molecule has 38 heavy (non-hydrogen) atoms. The molecule has 6 atom stereocenters. The van der Waals surface area contributed by atoms with E-state index >= 15 is 0 Å². The summed E-state index contributed by atoms with van der Waals surface area (Å²) in [6.07, 6.45) is 5.83. The van der Waals surface area contributed by atoms with Gasteiger partial charge in [0.15, 0.2) is 0 Å². The Labute approximate surface area is 225 Å². The lowest BCUT2D eigenvalue weighted by atomic mass is 9.70. The molecule has 0 aromatic heterocycles. The van der Waals surface area contributed by atoms with Crippen LogP contribution in [0.3, 0.4) is 0 Å². The molecule has 3 saturated heterocycles. The van der Waals surface area contributed by atoms with Gasteiger partial charge < -0.3 is 24.5 Å². The second-order valence-corrected chi connectivity index (χ2v) is 10.7. The van der Waals surface area contributed by atoms with Crippen molar-refractivity contribution in [2.75, 3.05) is 26.2 Å². The summed E-state index contributed by atoms with van der Waals surface area (Å²) in [5.41, 5.74) is -0.0918. The Hall–Kier alpha value is -2.97. The van der Waals surface area contributed by atoms with Gasteiger partial charge >= 0.3 is 0 Å². The van der Waals surface area contributed by atoms with Crippen molar-refractivity contribution in [3.63, 3.8) is 0 Å². The Morgan fingerprint density at radius 2 is 1.92 bits per heavy atom. The van der Waals surface area contributed by atoms with Gasteiger partial charge in [0.1, 0.15) is 11.6 Å². The van der Waals surface area contributed by atoms with Crippen molar-refractivity contribution in [2.45, 2.75) is 69.9 Å². The maximum Gasteiger partial charge on any atom is 0.248 e. The van der Waals surface area contributed by atoms with Crippen LogP contribution in [0.1, 0.15) is 45.1 Å². The van der Waals surface area contributed by atoms with Crippen molar-refractivity contribution in [1.82, 2.24) is 14.7 Å². The van der Waals surface area contributed by atoms with Crippen LogP contribution in [0.2, 0.25) is 0 Å². The van der Waals surface area contributed by atoms with Gasteiger partial charge in [0.2, 0.25) is 17.7 Å². The fraction of sp³-hybridized carbons (Fsp3) is 0.567. The number of aliphatic hydroxyl groups excluding tert-OH is 1. The lowest BCUT2D eigenvalue weighted by Crippen LogP contribution is -2.58. The van der Waals surface area contributed by atoms with Crippen molar-refractivity contribution in [1.29, 1.82) is 0 Å². The second-order valence-electron chi connectivity index (χ2n) is 10.7. The molecule has 0 aliphatic carbocycles. The second kappa shape index (κ2) is 11.8. The molecule has 8 nitrogen and oxygen atoms in total. The normalized spacial score (nSPS) is 28.2. The zero-order valence-corrected chi connectivity index (χ0v) is 22.6. The first-order chi connectivity index (χ1) is 18.3. The molecule has 1 aromatic rings.